The second kappa shape index (κ2) is 10.4. The van der Waals surface area contributed by atoms with Gasteiger partial charge in [0.1, 0.15) is 0 Å². The first kappa shape index (κ1) is 18.7. The Labute approximate surface area is 135 Å². The molecule has 22 heavy (non-hydrogen) atoms. The summed E-state index contributed by atoms with van der Waals surface area (Å²) in [6.07, 6.45) is 8.03. The topological polar surface area (TPSA) is 58.3 Å². The molecule has 0 amide bonds. The first-order chi connectivity index (χ1) is 10.6. The van der Waals surface area contributed by atoms with Crippen molar-refractivity contribution in [3.63, 3.8) is 0 Å². The van der Waals surface area contributed by atoms with Gasteiger partial charge in [0, 0.05) is 6.04 Å². The smallest absolute Gasteiger partial charge is 0.413 e. The molecule has 1 rings (SSSR count). The molecule has 0 aliphatic carbocycles. The highest BCUT2D eigenvalue weighted by Crippen LogP contribution is 2.20. The molecule has 0 radical (unpaired) electrons. The van der Waals surface area contributed by atoms with Gasteiger partial charge in [0.15, 0.2) is 0 Å². The van der Waals surface area contributed by atoms with Gasteiger partial charge in [-0.15, -0.1) is 6.58 Å². The van der Waals surface area contributed by atoms with Gasteiger partial charge in [-0.1, -0.05) is 55.5 Å². The standard InChI is InChI=1S/C18H29BN2O/c1-4-10-15(3)17(5-2)18(20)13-9-14-21-19(22)16-11-7-6-8-12-16/h4-8,10-12,15,17-18,21-22H,2,9,13-14,20H2,1,3H3/b10-4-. The average molecular weight is 300 g/mol. The van der Waals surface area contributed by atoms with E-state index in [-0.39, 0.29) is 12.0 Å². The Balaban J connectivity index is 2.32. The van der Waals surface area contributed by atoms with Gasteiger partial charge in [-0.2, -0.15) is 0 Å². The summed E-state index contributed by atoms with van der Waals surface area (Å²) in [5, 5.41) is 13.2. The van der Waals surface area contributed by atoms with Crippen LogP contribution >= 0.6 is 0 Å². The van der Waals surface area contributed by atoms with Crippen molar-refractivity contribution in [3.05, 3.63) is 55.1 Å². The summed E-state index contributed by atoms with van der Waals surface area (Å²) in [7, 11) is -0.616. The summed E-state index contributed by atoms with van der Waals surface area (Å²) in [6.45, 7) is 8.85. The van der Waals surface area contributed by atoms with E-state index in [2.05, 4.69) is 30.9 Å². The normalized spacial score (nSPS) is 15.5. The lowest BCUT2D eigenvalue weighted by Gasteiger charge is -2.25. The summed E-state index contributed by atoms with van der Waals surface area (Å²) in [5.74, 6) is 0.690. The second-order valence-electron chi connectivity index (χ2n) is 5.77. The van der Waals surface area contributed by atoms with Crippen LogP contribution in [0.4, 0.5) is 0 Å². The maximum atomic E-state index is 10.0. The van der Waals surface area contributed by atoms with Crippen LogP contribution in [0.3, 0.4) is 0 Å². The van der Waals surface area contributed by atoms with Crippen LogP contribution in [0.25, 0.3) is 0 Å². The van der Waals surface area contributed by atoms with E-state index in [1.165, 1.54) is 0 Å². The minimum atomic E-state index is -0.616. The second-order valence-corrected chi connectivity index (χ2v) is 5.77. The Morgan fingerprint density at radius 1 is 1.36 bits per heavy atom. The summed E-state index contributed by atoms with van der Waals surface area (Å²) in [5.41, 5.74) is 7.18. The van der Waals surface area contributed by atoms with Crippen LogP contribution in [-0.2, 0) is 0 Å². The minimum Gasteiger partial charge on any atom is -0.433 e. The Kier molecular flexibility index (Phi) is 8.82. The molecule has 1 aromatic carbocycles. The van der Waals surface area contributed by atoms with Crippen molar-refractivity contribution < 1.29 is 5.02 Å². The average Bonchev–Trinajstić information content (AvgIpc) is 2.53. The summed E-state index contributed by atoms with van der Waals surface area (Å²) >= 11 is 0. The number of benzene rings is 1. The molecule has 0 fully saturated rings. The molecule has 120 valence electrons. The summed E-state index contributed by atoms with van der Waals surface area (Å²) < 4.78 is 0. The zero-order valence-electron chi connectivity index (χ0n) is 13.8. The van der Waals surface area contributed by atoms with Crippen molar-refractivity contribution in [2.45, 2.75) is 32.7 Å². The first-order valence-corrected chi connectivity index (χ1v) is 8.07. The Hall–Kier alpha value is -1.36. The van der Waals surface area contributed by atoms with Crippen molar-refractivity contribution in [2.24, 2.45) is 17.6 Å². The van der Waals surface area contributed by atoms with Gasteiger partial charge in [-0.25, -0.2) is 0 Å². The molecule has 0 aliphatic rings. The SMILES string of the molecule is C=CC(C(C)/C=C\C)C(N)CCCNB(O)c1ccccc1. The maximum absolute atomic E-state index is 10.0. The molecule has 3 unspecified atom stereocenters. The van der Waals surface area contributed by atoms with Gasteiger partial charge in [-0.05, 0) is 43.6 Å². The van der Waals surface area contributed by atoms with Crippen molar-refractivity contribution in [2.75, 3.05) is 6.54 Å². The van der Waals surface area contributed by atoms with Crippen LogP contribution in [-0.4, -0.2) is 24.7 Å². The summed E-state index contributed by atoms with van der Waals surface area (Å²) in [6, 6.07) is 9.71. The van der Waals surface area contributed by atoms with Gasteiger partial charge in [0.05, 0.1) is 0 Å². The van der Waals surface area contributed by atoms with E-state index in [1.54, 1.807) is 0 Å². The van der Waals surface area contributed by atoms with E-state index in [1.807, 2.05) is 43.3 Å². The molecule has 0 aliphatic heterocycles. The number of rotatable bonds is 10. The lowest BCUT2D eigenvalue weighted by molar-refractivity contribution is 0.390. The van der Waals surface area contributed by atoms with E-state index < -0.39 is 7.05 Å². The predicted molar refractivity (Wildman–Crippen MR) is 96.9 cm³/mol. The largest absolute Gasteiger partial charge is 0.433 e. The van der Waals surface area contributed by atoms with E-state index in [4.69, 9.17) is 5.73 Å². The number of hydrogen-bond donors (Lipinski definition) is 3. The van der Waals surface area contributed by atoms with Crippen LogP contribution in [0.2, 0.25) is 0 Å². The van der Waals surface area contributed by atoms with Crippen molar-refractivity contribution in [1.82, 2.24) is 5.23 Å². The Bertz CT molecular complexity index is 450. The fourth-order valence-corrected chi connectivity index (χ4v) is 2.73. The zero-order chi connectivity index (χ0) is 16.4. The Morgan fingerprint density at radius 3 is 2.64 bits per heavy atom. The van der Waals surface area contributed by atoms with Crippen LogP contribution in [0, 0.1) is 11.8 Å². The number of hydrogen-bond acceptors (Lipinski definition) is 3. The highest BCUT2D eigenvalue weighted by molar-refractivity contribution is 6.63. The van der Waals surface area contributed by atoms with Crippen LogP contribution in [0.1, 0.15) is 26.7 Å². The van der Waals surface area contributed by atoms with Gasteiger partial charge >= 0.3 is 7.05 Å². The summed E-state index contributed by atoms with van der Waals surface area (Å²) in [4.78, 5) is 0. The van der Waals surface area contributed by atoms with E-state index in [9.17, 15) is 5.02 Å². The molecule has 0 heterocycles. The number of nitrogens with two attached hydrogens (primary N) is 1. The molecule has 0 saturated heterocycles. The molecule has 3 atom stereocenters. The fraction of sp³-hybridized carbons (Fsp3) is 0.444. The molecule has 1 aromatic rings. The third-order valence-corrected chi connectivity index (χ3v) is 4.04. The molecule has 3 nitrogen and oxygen atoms in total. The lowest BCUT2D eigenvalue weighted by Crippen LogP contribution is -2.45. The zero-order valence-corrected chi connectivity index (χ0v) is 13.8. The molecule has 0 spiro atoms. The minimum absolute atomic E-state index is 0.0966. The number of allylic oxidation sites excluding steroid dienone is 2. The Morgan fingerprint density at radius 2 is 2.05 bits per heavy atom. The molecule has 4 N–H and O–H groups in total. The molecular formula is C18H29BN2O. The highest BCUT2D eigenvalue weighted by atomic mass is 16.2. The third-order valence-electron chi connectivity index (χ3n) is 4.04. The fourth-order valence-electron chi connectivity index (χ4n) is 2.73. The molecule has 0 aromatic heterocycles. The van der Waals surface area contributed by atoms with E-state index in [0.717, 1.165) is 24.8 Å². The molecule has 4 heteroatoms. The van der Waals surface area contributed by atoms with Crippen molar-refractivity contribution in [3.8, 4) is 0 Å². The monoisotopic (exact) mass is 300 g/mol. The predicted octanol–water partition coefficient (Wildman–Crippen LogP) is 2.09. The van der Waals surface area contributed by atoms with Crippen LogP contribution < -0.4 is 16.4 Å². The van der Waals surface area contributed by atoms with E-state index >= 15 is 0 Å². The molecule has 0 bridgehead atoms. The van der Waals surface area contributed by atoms with Crippen LogP contribution in [0.5, 0.6) is 0 Å². The van der Waals surface area contributed by atoms with Gasteiger partial charge < -0.3 is 16.0 Å². The first-order valence-electron chi connectivity index (χ1n) is 8.07. The third kappa shape index (κ3) is 6.18. The molecular weight excluding hydrogens is 271 g/mol. The quantitative estimate of drug-likeness (QED) is 0.352. The lowest BCUT2D eigenvalue weighted by atomic mass is 9.74. The maximum Gasteiger partial charge on any atom is 0.413 e. The van der Waals surface area contributed by atoms with Gasteiger partial charge in [0.25, 0.3) is 0 Å². The highest BCUT2D eigenvalue weighted by Gasteiger charge is 2.19. The number of nitrogens with one attached hydrogen (secondary N) is 1. The van der Waals surface area contributed by atoms with Gasteiger partial charge in [0.2, 0.25) is 0 Å². The van der Waals surface area contributed by atoms with Crippen molar-refractivity contribution in [1.29, 1.82) is 0 Å². The molecule has 0 saturated carbocycles. The van der Waals surface area contributed by atoms with Crippen molar-refractivity contribution >= 4 is 12.5 Å². The van der Waals surface area contributed by atoms with Crippen LogP contribution in [0.15, 0.2) is 55.1 Å². The van der Waals surface area contributed by atoms with Gasteiger partial charge in [-0.3, -0.25) is 0 Å². The van der Waals surface area contributed by atoms with E-state index in [0.29, 0.717) is 5.92 Å².